The first-order valence-corrected chi connectivity index (χ1v) is 11.2. The fourth-order valence-corrected chi connectivity index (χ4v) is 3.89. The molecule has 3 aromatic carbocycles. The summed E-state index contributed by atoms with van der Waals surface area (Å²) in [6, 6.07) is 17.3. The molecule has 0 N–H and O–H groups in total. The molecule has 168 valence electrons. The van der Waals surface area contributed by atoms with Crippen molar-refractivity contribution in [1.29, 1.82) is 0 Å². The maximum Gasteiger partial charge on any atom is 0.363 e. The Balaban J connectivity index is 1.61. The molecule has 1 aliphatic rings. The van der Waals surface area contributed by atoms with Gasteiger partial charge < -0.3 is 14.2 Å². The first-order chi connectivity index (χ1) is 15.9. The van der Waals surface area contributed by atoms with E-state index in [0.29, 0.717) is 40.3 Å². The quantitative estimate of drug-likeness (QED) is 0.280. The Morgan fingerprint density at radius 2 is 1.88 bits per heavy atom. The molecule has 0 spiro atoms. The van der Waals surface area contributed by atoms with Gasteiger partial charge in [0.1, 0.15) is 12.4 Å². The van der Waals surface area contributed by atoms with Gasteiger partial charge in [-0.1, -0.05) is 29.8 Å². The molecular weight excluding hydrogens is 489 g/mol. The SMILES string of the molecule is CCOc1cc(/C=C2/N=C(c3ccc(F)cc3)OC2=O)cc(Br)c1OCc1cccc(C)c1. The van der Waals surface area contributed by atoms with E-state index in [1.165, 1.54) is 24.3 Å². The number of ether oxygens (including phenoxy) is 3. The third kappa shape index (κ3) is 5.49. The molecule has 0 saturated carbocycles. The van der Waals surface area contributed by atoms with E-state index in [0.717, 1.165) is 11.1 Å². The predicted molar refractivity (Wildman–Crippen MR) is 128 cm³/mol. The number of aliphatic imine (C=N–C) groups is 1. The molecule has 1 heterocycles. The van der Waals surface area contributed by atoms with Crippen molar-refractivity contribution in [1.82, 2.24) is 0 Å². The molecule has 5 nitrogen and oxygen atoms in total. The Kier molecular flexibility index (Phi) is 6.89. The second-order valence-electron chi connectivity index (χ2n) is 7.38. The van der Waals surface area contributed by atoms with E-state index < -0.39 is 5.97 Å². The highest BCUT2D eigenvalue weighted by Crippen LogP contribution is 2.38. The number of rotatable bonds is 7. The molecule has 0 bridgehead atoms. The molecule has 33 heavy (non-hydrogen) atoms. The van der Waals surface area contributed by atoms with Gasteiger partial charge >= 0.3 is 5.97 Å². The molecule has 3 aromatic rings. The highest BCUT2D eigenvalue weighted by molar-refractivity contribution is 9.10. The zero-order valence-corrected chi connectivity index (χ0v) is 19.7. The second kappa shape index (κ2) is 10.0. The average Bonchev–Trinajstić information content (AvgIpc) is 3.14. The number of cyclic esters (lactones) is 1. The number of nitrogens with zero attached hydrogens (tertiary/aromatic N) is 1. The first-order valence-electron chi connectivity index (χ1n) is 10.4. The number of aryl methyl sites for hydroxylation is 1. The Bertz CT molecular complexity index is 1250. The fourth-order valence-electron chi connectivity index (χ4n) is 3.31. The van der Waals surface area contributed by atoms with Gasteiger partial charge in [0.05, 0.1) is 11.1 Å². The van der Waals surface area contributed by atoms with Gasteiger partial charge in [0.25, 0.3) is 0 Å². The summed E-state index contributed by atoms with van der Waals surface area (Å²) in [6.45, 7) is 4.75. The molecule has 0 aromatic heterocycles. The fraction of sp³-hybridized carbons (Fsp3) is 0.154. The minimum atomic E-state index is -0.580. The number of carbonyl (C=O) groups is 1. The van der Waals surface area contributed by atoms with E-state index >= 15 is 0 Å². The highest BCUT2D eigenvalue weighted by atomic mass is 79.9. The lowest BCUT2D eigenvalue weighted by molar-refractivity contribution is -0.129. The van der Waals surface area contributed by atoms with Gasteiger partial charge in [-0.2, -0.15) is 0 Å². The van der Waals surface area contributed by atoms with Gasteiger partial charge in [-0.25, -0.2) is 14.2 Å². The van der Waals surface area contributed by atoms with E-state index in [9.17, 15) is 9.18 Å². The maximum absolute atomic E-state index is 13.2. The summed E-state index contributed by atoms with van der Waals surface area (Å²) in [5, 5.41) is 0. The Morgan fingerprint density at radius 1 is 1.09 bits per heavy atom. The van der Waals surface area contributed by atoms with E-state index in [2.05, 4.69) is 27.0 Å². The molecule has 0 amide bonds. The van der Waals surface area contributed by atoms with Crippen LogP contribution in [0.15, 0.2) is 75.8 Å². The largest absolute Gasteiger partial charge is 0.490 e. The molecule has 0 radical (unpaired) electrons. The normalized spacial score (nSPS) is 14.2. The van der Waals surface area contributed by atoms with Gasteiger partial charge in [0.15, 0.2) is 17.2 Å². The molecule has 0 fully saturated rings. The van der Waals surface area contributed by atoms with Crippen molar-refractivity contribution >= 4 is 33.9 Å². The van der Waals surface area contributed by atoms with Gasteiger partial charge in [-0.15, -0.1) is 0 Å². The maximum atomic E-state index is 13.2. The topological polar surface area (TPSA) is 57.1 Å². The minimum absolute atomic E-state index is 0.133. The lowest BCUT2D eigenvalue weighted by Crippen LogP contribution is -2.05. The highest BCUT2D eigenvalue weighted by Gasteiger charge is 2.24. The van der Waals surface area contributed by atoms with Crippen LogP contribution >= 0.6 is 15.9 Å². The number of halogens is 2. The van der Waals surface area contributed by atoms with Crippen LogP contribution in [0.5, 0.6) is 11.5 Å². The van der Waals surface area contributed by atoms with Crippen molar-refractivity contribution in [3.05, 3.63) is 98.9 Å². The zero-order chi connectivity index (χ0) is 23.4. The standard InChI is InChI=1S/C26H21BrFNO4/c1-3-31-23-14-18(12-21(27)24(23)32-15-17-6-4-5-16(2)11-17)13-22-26(30)33-25(29-22)19-7-9-20(28)10-8-19/h4-14H,3,15H2,1-2H3/b22-13+. The first kappa shape index (κ1) is 22.7. The second-order valence-corrected chi connectivity index (χ2v) is 8.24. The third-order valence-electron chi connectivity index (χ3n) is 4.81. The smallest absolute Gasteiger partial charge is 0.363 e. The lowest BCUT2D eigenvalue weighted by Gasteiger charge is -2.15. The van der Waals surface area contributed by atoms with Crippen molar-refractivity contribution in [2.75, 3.05) is 6.61 Å². The van der Waals surface area contributed by atoms with Gasteiger partial charge in [-0.05, 0) is 83.4 Å². The van der Waals surface area contributed by atoms with Crippen LogP contribution in [0, 0.1) is 12.7 Å². The van der Waals surface area contributed by atoms with Crippen molar-refractivity contribution in [3.8, 4) is 11.5 Å². The summed E-state index contributed by atoms with van der Waals surface area (Å²) in [6.07, 6.45) is 1.61. The molecule has 0 atom stereocenters. The van der Waals surface area contributed by atoms with Crippen LogP contribution in [0.25, 0.3) is 6.08 Å². The monoisotopic (exact) mass is 509 g/mol. The van der Waals surface area contributed by atoms with Crippen LogP contribution < -0.4 is 9.47 Å². The third-order valence-corrected chi connectivity index (χ3v) is 5.40. The van der Waals surface area contributed by atoms with E-state index in [4.69, 9.17) is 14.2 Å². The summed E-state index contributed by atoms with van der Waals surface area (Å²) in [4.78, 5) is 16.6. The van der Waals surface area contributed by atoms with Crippen molar-refractivity contribution in [2.45, 2.75) is 20.5 Å². The van der Waals surface area contributed by atoms with Crippen molar-refractivity contribution < 1.29 is 23.4 Å². The number of esters is 1. The summed E-state index contributed by atoms with van der Waals surface area (Å²) in [5.41, 5.74) is 3.55. The van der Waals surface area contributed by atoms with Gasteiger partial charge in [0.2, 0.25) is 5.90 Å². The Labute approximate surface area is 199 Å². The zero-order valence-electron chi connectivity index (χ0n) is 18.1. The molecule has 0 aliphatic carbocycles. The van der Waals surface area contributed by atoms with Crippen LogP contribution in [-0.2, 0) is 16.1 Å². The van der Waals surface area contributed by atoms with E-state index in [1.807, 2.05) is 38.1 Å². The molecule has 4 rings (SSSR count). The molecule has 7 heteroatoms. The van der Waals surface area contributed by atoms with Crippen molar-refractivity contribution in [2.24, 2.45) is 4.99 Å². The molecule has 1 aliphatic heterocycles. The predicted octanol–water partition coefficient (Wildman–Crippen LogP) is 6.22. The van der Waals surface area contributed by atoms with Gasteiger partial charge in [-0.3, -0.25) is 0 Å². The lowest BCUT2D eigenvalue weighted by atomic mass is 10.1. The number of hydrogen-bond donors (Lipinski definition) is 0. The minimum Gasteiger partial charge on any atom is -0.490 e. The molecular formula is C26H21BrFNO4. The van der Waals surface area contributed by atoms with E-state index in [1.54, 1.807) is 12.1 Å². The van der Waals surface area contributed by atoms with Gasteiger partial charge in [0, 0.05) is 5.56 Å². The molecule has 0 saturated heterocycles. The summed E-state index contributed by atoms with van der Waals surface area (Å²) < 4.78 is 30.9. The van der Waals surface area contributed by atoms with E-state index in [-0.39, 0.29) is 17.4 Å². The number of hydrogen-bond acceptors (Lipinski definition) is 5. The number of benzene rings is 3. The average molecular weight is 510 g/mol. The summed E-state index contributed by atoms with van der Waals surface area (Å²) in [7, 11) is 0. The summed E-state index contributed by atoms with van der Waals surface area (Å²) >= 11 is 3.55. The Morgan fingerprint density at radius 3 is 2.61 bits per heavy atom. The van der Waals surface area contributed by atoms with Crippen LogP contribution in [0.1, 0.15) is 29.2 Å². The van der Waals surface area contributed by atoms with Crippen molar-refractivity contribution in [3.63, 3.8) is 0 Å². The van der Waals surface area contributed by atoms with Crippen LogP contribution in [0.4, 0.5) is 4.39 Å². The molecule has 0 unspecified atom stereocenters. The van der Waals surface area contributed by atoms with Crippen LogP contribution in [0.2, 0.25) is 0 Å². The summed E-state index contributed by atoms with van der Waals surface area (Å²) in [5.74, 6) is 0.291. The van der Waals surface area contributed by atoms with Crippen LogP contribution in [0.3, 0.4) is 0 Å². The Hall–Kier alpha value is -3.45. The number of carbonyl (C=O) groups excluding carboxylic acids is 1. The van der Waals surface area contributed by atoms with Crippen LogP contribution in [-0.4, -0.2) is 18.5 Å².